The van der Waals surface area contributed by atoms with Gasteiger partial charge in [0.15, 0.2) is 10.9 Å². The molecule has 9 heteroatoms. The Labute approximate surface area is 165 Å². The molecule has 2 heterocycles. The summed E-state index contributed by atoms with van der Waals surface area (Å²) in [4.78, 5) is 9.61. The van der Waals surface area contributed by atoms with Gasteiger partial charge in [0.2, 0.25) is 0 Å². The molecule has 5 nitrogen and oxygen atoms in total. The Morgan fingerprint density at radius 2 is 2.14 bits per heavy atom. The number of fused-ring (bicyclic) bond motifs is 1. The van der Waals surface area contributed by atoms with Gasteiger partial charge in [-0.15, -0.1) is 11.3 Å². The number of alkyl halides is 3. The molecule has 0 bridgehead atoms. The maximum atomic E-state index is 12.9. The molecule has 1 aromatic carbocycles. The van der Waals surface area contributed by atoms with Crippen LogP contribution in [0.4, 0.5) is 13.2 Å². The second-order valence-corrected chi connectivity index (χ2v) is 7.36. The van der Waals surface area contributed by atoms with E-state index in [4.69, 9.17) is 0 Å². The Kier molecular flexibility index (Phi) is 6.23. The number of hydrogen-bond donors (Lipinski definition) is 2. The standard InChI is InChI=1S/C19H22F3N5S/c1-13(14-4-3-5-15(10-14)19(20,21)22)6-7-24-17(23-2)25-11-16-12-27-8-9-28-18(27)26-16/h3-5,8-10,12-13H,6-7,11H2,1-2H3,(H2,23,24,25). The number of imidazole rings is 1. The molecule has 0 amide bonds. The van der Waals surface area contributed by atoms with E-state index >= 15 is 0 Å². The lowest BCUT2D eigenvalue weighted by molar-refractivity contribution is -0.137. The minimum Gasteiger partial charge on any atom is -0.356 e. The van der Waals surface area contributed by atoms with Crippen LogP contribution in [0.25, 0.3) is 4.96 Å². The molecule has 0 aliphatic rings. The SMILES string of the molecule is CN=C(NCCC(C)c1cccc(C(F)(F)F)c1)NCc1cn2ccsc2n1. The van der Waals surface area contributed by atoms with Crippen molar-refractivity contribution < 1.29 is 13.2 Å². The third kappa shape index (κ3) is 5.03. The molecule has 0 spiro atoms. The van der Waals surface area contributed by atoms with Crippen LogP contribution in [0.2, 0.25) is 0 Å². The van der Waals surface area contributed by atoms with Crippen molar-refractivity contribution >= 4 is 22.3 Å². The maximum Gasteiger partial charge on any atom is 0.416 e. The molecule has 0 aliphatic heterocycles. The van der Waals surface area contributed by atoms with E-state index in [1.807, 2.05) is 29.1 Å². The van der Waals surface area contributed by atoms with E-state index < -0.39 is 11.7 Å². The number of hydrogen-bond acceptors (Lipinski definition) is 3. The van der Waals surface area contributed by atoms with Crippen LogP contribution in [-0.2, 0) is 12.7 Å². The summed E-state index contributed by atoms with van der Waals surface area (Å²) in [7, 11) is 1.68. The van der Waals surface area contributed by atoms with Crippen LogP contribution in [0.3, 0.4) is 0 Å². The van der Waals surface area contributed by atoms with E-state index in [1.165, 1.54) is 12.1 Å². The molecule has 0 fully saturated rings. The van der Waals surface area contributed by atoms with Crippen molar-refractivity contribution in [2.45, 2.75) is 32.0 Å². The number of nitrogens with zero attached hydrogens (tertiary/aromatic N) is 3. The van der Waals surface area contributed by atoms with Gasteiger partial charge >= 0.3 is 6.18 Å². The monoisotopic (exact) mass is 409 g/mol. The largest absolute Gasteiger partial charge is 0.416 e. The number of benzene rings is 1. The van der Waals surface area contributed by atoms with Gasteiger partial charge in [-0.3, -0.25) is 9.39 Å². The first-order valence-electron chi connectivity index (χ1n) is 8.89. The van der Waals surface area contributed by atoms with Crippen molar-refractivity contribution in [3.8, 4) is 0 Å². The van der Waals surface area contributed by atoms with Crippen LogP contribution in [0.1, 0.15) is 36.1 Å². The first-order valence-corrected chi connectivity index (χ1v) is 9.77. The van der Waals surface area contributed by atoms with Gasteiger partial charge in [0.25, 0.3) is 0 Å². The zero-order valence-electron chi connectivity index (χ0n) is 15.6. The predicted molar refractivity (Wildman–Crippen MR) is 106 cm³/mol. The zero-order valence-corrected chi connectivity index (χ0v) is 16.4. The molecule has 1 atom stereocenters. The molecule has 3 aromatic rings. The van der Waals surface area contributed by atoms with E-state index in [0.717, 1.165) is 16.7 Å². The van der Waals surface area contributed by atoms with Crippen molar-refractivity contribution in [1.82, 2.24) is 20.0 Å². The maximum absolute atomic E-state index is 12.9. The lowest BCUT2D eigenvalue weighted by atomic mass is 9.96. The second-order valence-electron chi connectivity index (χ2n) is 6.49. The summed E-state index contributed by atoms with van der Waals surface area (Å²) in [5.74, 6) is 0.625. The average molecular weight is 409 g/mol. The van der Waals surface area contributed by atoms with Crippen LogP contribution in [0, 0.1) is 0 Å². The normalized spacial score (nSPS) is 13.7. The number of nitrogens with one attached hydrogen (secondary N) is 2. The topological polar surface area (TPSA) is 53.7 Å². The molecule has 28 heavy (non-hydrogen) atoms. The highest BCUT2D eigenvalue weighted by Gasteiger charge is 2.30. The summed E-state index contributed by atoms with van der Waals surface area (Å²) < 4.78 is 40.6. The van der Waals surface area contributed by atoms with Crippen LogP contribution < -0.4 is 10.6 Å². The van der Waals surface area contributed by atoms with E-state index in [2.05, 4.69) is 20.6 Å². The summed E-state index contributed by atoms with van der Waals surface area (Å²) >= 11 is 1.57. The van der Waals surface area contributed by atoms with Crippen molar-refractivity contribution in [1.29, 1.82) is 0 Å². The minimum atomic E-state index is -4.32. The number of rotatable bonds is 6. The molecule has 0 aliphatic carbocycles. The van der Waals surface area contributed by atoms with E-state index in [1.54, 1.807) is 24.5 Å². The molecule has 0 saturated carbocycles. The van der Waals surface area contributed by atoms with Gasteiger partial charge in [0, 0.05) is 31.4 Å². The van der Waals surface area contributed by atoms with E-state index in [0.29, 0.717) is 31.0 Å². The van der Waals surface area contributed by atoms with E-state index in [9.17, 15) is 13.2 Å². The number of aliphatic imine (C=N–C) groups is 1. The predicted octanol–water partition coefficient (Wildman–Crippen LogP) is 4.27. The van der Waals surface area contributed by atoms with Crippen LogP contribution in [0.15, 0.2) is 47.0 Å². The number of aromatic nitrogens is 2. The van der Waals surface area contributed by atoms with Crippen LogP contribution >= 0.6 is 11.3 Å². The zero-order chi connectivity index (χ0) is 20.1. The first-order chi connectivity index (χ1) is 13.4. The van der Waals surface area contributed by atoms with Crippen LogP contribution in [-0.4, -0.2) is 28.9 Å². The molecule has 3 rings (SSSR count). The fraction of sp³-hybridized carbons (Fsp3) is 0.368. The lowest BCUT2D eigenvalue weighted by Crippen LogP contribution is -2.37. The molecule has 2 N–H and O–H groups in total. The third-order valence-electron chi connectivity index (χ3n) is 4.46. The Morgan fingerprint density at radius 1 is 1.32 bits per heavy atom. The average Bonchev–Trinajstić information content (AvgIpc) is 3.25. The Hall–Kier alpha value is -2.55. The highest BCUT2D eigenvalue weighted by atomic mass is 32.1. The molecule has 2 aromatic heterocycles. The Bertz CT molecular complexity index is 916. The molecular formula is C19H22F3N5S. The minimum absolute atomic E-state index is 0.00664. The quantitative estimate of drug-likeness (QED) is 0.472. The molecule has 0 radical (unpaired) electrons. The molecule has 1 unspecified atom stereocenters. The Balaban J connectivity index is 1.48. The number of thiazole rings is 1. The first kappa shape index (κ1) is 20.2. The molecule has 0 saturated heterocycles. The summed E-state index contributed by atoms with van der Waals surface area (Å²) in [5.41, 5.74) is 0.979. The van der Waals surface area contributed by atoms with Gasteiger partial charge in [0.1, 0.15) is 0 Å². The third-order valence-corrected chi connectivity index (χ3v) is 5.23. The molecule has 150 valence electrons. The van der Waals surface area contributed by atoms with Gasteiger partial charge in [0.05, 0.1) is 17.8 Å². The summed E-state index contributed by atoms with van der Waals surface area (Å²) in [5, 5.41) is 8.37. The fourth-order valence-electron chi connectivity index (χ4n) is 2.85. The molecular weight excluding hydrogens is 387 g/mol. The van der Waals surface area contributed by atoms with Gasteiger partial charge in [-0.05, 0) is 24.0 Å². The second kappa shape index (κ2) is 8.64. The van der Waals surface area contributed by atoms with Crippen molar-refractivity contribution in [3.63, 3.8) is 0 Å². The van der Waals surface area contributed by atoms with Crippen molar-refractivity contribution in [2.24, 2.45) is 4.99 Å². The summed E-state index contributed by atoms with van der Waals surface area (Å²) in [6.07, 6.45) is 0.282. The lowest BCUT2D eigenvalue weighted by Gasteiger charge is -2.16. The van der Waals surface area contributed by atoms with Gasteiger partial charge < -0.3 is 10.6 Å². The van der Waals surface area contributed by atoms with Crippen molar-refractivity contribution in [2.75, 3.05) is 13.6 Å². The fourth-order valence-corrected chi connectivity index (χ4v) is 3.57. The van der Waals surface area contributed by atoms with Crippen LogP contribution in [0.5, 0.6) is 0 Å². The van der Waals surface area contributed by atoms with Gasteiger partial charge in [-0.2, -0.15) is 13.2 Å². The summed E-state index contributed by atoms with van der Waals surface area (Å²) in [6, 6.07) is 5.51. The summed E-state index contributed by atoms with van der Waals surface area (Å²) in [6.45, 7) is 3.05. The van der Waals surface area contributed by atoms with Crippen molar-refractivity contribution in [3.05, 3.63) is 58.9 Å². The number of guanidine groups is 1. The van der Waals surface area contributed by atoms with E-state index in [-0.39, 0.29) is 5.92 Å². The Morgan fingerprint density at radius 3 is 2.86 bits per heavy atom. The van der Waals surface area contributed by atoms with Gasteiger partial charge in [-0.1, -0.05) is 25.1 Å². The van der Waals surface area contributed by atoms with Gasteiger partial charge in [-0.25, -0.2) is 4.98 Å². The smallest absolute Gasteiger partial charge is 0.356 e. The highest BCUT2D eigenvalue weighted by molar-refractivity contribution is 7.15. The highest BCUT2D eigenvalue weighted by Crippen LogP contribution is 2.31. The number of halogens is 3.